The number of benzene rings is 1. The van der Waals surface area contributed by atoms with Crippen molar-refractivity contribution >= 4 is 21.5 Å². The van der Waals surface area contributed by atoms with Crippen LogP contribution in [0.5, 0.6) is 0 Å². The maximum Gasteiger partial charge on any atom is 0.234 e. The molecule has 0 unspecified atom stereocenters. The van der Waals surface area contributed by atoms with E-state index in [2.05, 4.69) is 14.7 Å². The van der Waals surface area contributed by atoms with Crippen molar-refractivity contribution in [1.29, 1.82) is 0 Å². The third-order valence-corrected chi connectivity index (χ3v) is 4.81. The summed E-state index contributed by atoms with van der Waals surface area (Å²) < 4.78 is 28.5. The molecule has 2 aromatic heterocycles. The summed E-state index contributed by atoms with van der Waals surface area (Å²) >= 11 is 0. The number of hydrogen-bond acceptors (Lipinski definition) is 4. The molecule has 0 aliphatic heterocycles. The lowest BCUT2D eigenvalue weighted by Crippen LogP contribution is -2.16. The van der Waals surface area contributed by atoms with Crippen LogP contribution < -0.4 is 4.72 Å². The van der Waals surface area contributed by atoms with Gasteiger partial charge in [0.2, 0.25) is 15.8 Å². The molecule has 0 aliphatic rings. The van der Waals surface area contributed by atoms with Crippen LogP contribution in [0, 0.1) is 0 Å². The first kappa shape index (κ1) is 15.5. The molecule has 0 radical (unpaired) electrons. The summed E-state index contributed by atoms with van der Waals surface area (Å²) in [6.07, 6.45) is 6.91. The van der Waals surface area contributed by atoms with E-state index in [-0.39, 0.29) is 5.75 Å². The molecule has 0 fully saturated rings. The number of aromatic nitrogens is 3. The van der Waals surface area contributed by atoms with Gasteiger partial charge in [-0.2, -0.15) is 0 Å². The molecule has 0 aliphatic carbocycles. The number of hydrogen-bond donors (Lipinski definition) is 1. The normalized spacial score (nSPS) is 11.7. The van der Waals surface area contributed by atoms with Crippen molar-refractivity contribution in [2.75, 3.05) is 10.5 Å². The zero-order valence-corrected chi connectivity index (χ0v) is 13.6. The zero-order chi connectivity index (χ0) is 16.3. The van der Waals surface area contributed by atoms with E-state index in [1.807, 2.05) is 41.9 Å². The number of rotatable bonds is 6. The van der Waals surface area contributed by atoms with E-state index in [0.717, 1.165) is 17.7 Å². The maximum absolute atomic E-state index is 12.0. The summed E-state index contributed by atoms with van der Waals surface area (Å²) in [5, 5.41) is 0. The van der Waals surface area contributed by atoms with Crippen molar-refractivity contribution in [3.63, 3.8) is 0 Å². The zero-order valence-electron chi connectivity index (χ0n) is 12.8. The molecule has 2 heterocycles. The third-order valence-electron chi connectivity index (χ3n) is 3.43. The van der Waals surface area contributed by atoms with Gasteiger partial charge in [-0.3, -0.25) is 9.12 Å². The SMILES string of the molecule is CCCCS(=O)(=O)Nc1cccc(-c2cn3cccnc3n2)c1. The number of nitrogens with one attached hydrogen (secondary N) is 1. The lowest BCUT2D eigenvalue weighted by atomic mass is 10.1. The lowest BCUT2D eigenvalue weighted by molar-refractivity contribution is 0.598. The molecule has 3 rings (SSSR count). The van der Waals surface area contributed by atoms with Gasteiger partial charge in [0.15, 0.2) is 0 Å². The Kier molecular flexibility index (Phi) is 4.29. The van der Waals surface area contributed by atoms with Gasteiger partial charge in [0.25, 0.3) is 0 Å². The van der Waals surface area contributed by atoms with E-state index >= 15 is 0 Å². The number of imidazole rings is 1. The molecular weight excluding hydrogens is 312 g/mol. The second kappa shape index (κ2) is 6.37. The predicted molar refractivity (Wildman–Crippen MR) is 90.7 cm³/mol. The minimum absolute atomic E-state index is 0.131. The third kappa shape index (κ3) is 3.68. The Morgan fingerprint density at radius 3 is 2.91 bits per heavy atom. The van der Waals surface area contributed by atoms with Crippen LogP contribution >= 0.6 is 0 Å². The molecule has 0 saturated carbocycles. The largest absolute Gasteiger partial charge is 0.291 e. The van der Waals surface area contributed by atoms with Gasteiger partial charge in [-0.1, -0.05) is 25.5 Å². The van der Waals surface area contributed by atoms with Gasteiger partial charge >= 0.3 is 0 Å². The molecule has 0 amide bonds. The fourth-order valence-corrected chi connectivity index (χ4v) is 3.53. The first-order valence-corrected chi connectivity index (χ1v) is 9.13. The number of unbranched alkanes of at least 4 members (excludes halogenated alkanes) is 1. The number of nitrogens with zero attached hydrogens (tertiary/aromatic N) is 3. The van der Waals surface area contributed by atoms with E-state index in [9.17, 15) is 8.42 Å². The highest BCUT2D eigenvalue weighted by atomic mass is 32.2. The molecule has 7 heteroatoms. The van der Waals surface area contributed by atoms with E-state index in [0.29, 0.717) is 17.9 Å². The Labute approximate surface area is 135 Å². The van der Waals surface area contributed by atoms with Crippen LogP contribution in [-0.4, -0.2) is 28.5 Å². The van der Waals surface area contributed by atoms with Crippen molar-refractivity contribution in [2.24, 2.45) is 0 Å². The van der Waals surface area contributed by atoms with Crippen LogP contribution in [0.15, 0.2) is 48.9 Å². The standard InChI is InChI=1S/C16H18N4O2S/c1-2-3-10-23(21,22)19-14-7-4-6-13(11-14)15-12-20-9-5-8-17-16(20)18-15/h4-9,11-12,19H,2-3,10H2,1H3. The van der Waals surface area contributed by atoms with Crippen molar-refractivity contribution in [2.45, 2.75) is 19.8 Å². The fourth-order valence-electron chi connectivity index (χ4n) is 2.28. The van der Waals surface area contributed by atoms with E-state index in [4.69, 9.17) is 0 Å². The van der Waals surface area contributed by atoms with E-state index < -0.39 is 10.0 Å². The van der Waals surface area contributed by atoms with Gasteiger partial charge < -0.3 is 0 Å². The summed E-state index contributed by atoms with van der Waals surface area (Å²) in [5.74, 6) is 0.739. The Bertz CT molecular complexity index is 885. The molecule has 0 atom stereocenters. The Morgan fingerprint density at radius 2 is 2.13 bits per heavy atom. The maximum atomic E-state index is 12.0. The minimum Gasteiger partial charge on any atom is -0.291 e. The average Bonchev–Trinajstić information content (AvgIpc) is 2.97. The van der Waals surface area contributed by atoms with Crippen LogP contribution in [0.1, 0.15) is 19.8 Å². The first-order valence-electron chi connectivity index (χ1n) is 7.48. The van der Waals surface area contributed by atoms with Crippen LogP contribution in [0.3, 0.4) is 0 Å². The van der Waals surface area contributed by atoms with Crippen LogP contribution in [-0.2, 0) is 10.0 Å². The van der Waals surface area contributed by atoms with E-state index in [1.54, 1.807) is 18.3 Å². The van der Waals surface area contributed by atoms with Gasteiger partial charge in [-0.15, -0.1) is 0 Å². The molecule has 1 aromatic carbocycles. The van der Waals surface area contributed by atoms with Gasteiger partial charge in [-0.25, -0.2) is 18.4 Å². The molecule has 6 nitrogen and oxygen atoms in total. The fraction of sp³-hybridized carbons (Fsp3) is 0.250. The Hall–Kier alpha value is -2.41. The van der Waals surface area contributed by atoms with Crippen LogP contribution in [0.2, 0.25) is 0 Å². The molecular formula is C16H18N4O2S. The summed E-state index contributed by atoms with van der Waals surface area (Å²) in [6, 6.07) is 9.05. The van der Waals surface area contributed by atoms with Gasteiger partial charge in [0.05, 0.1) is 11.4 Å². The second-order valence-corrected chi connectivity index (χ2v) is 7.15. The van der Waals surface area contributed by atoms with Crippen LogP contribution in [0.4, 0.5) is 5.69 Å². The summed E-state index contributed by atoms with van der Waals surface area (Å²) in [6.45, 7) is 1.97. The predicted octanol–water partition coefficient (Wildman–Crippen LogP) is 2.94. The van der Waals surface area contributed by atoms with E-state index in [1.165, 1.54) is 0 Å². The molecule has 0 bridgehead atoms. The summed E-state index contributed by atoms with van der Waals surface area (Å²) in [4.78, 5) is 8.63. The molecule has 120 valence electrons. The number of fused-ring (bicyclic) bond motifs is 1. The highest BCUT2D eigenvalue weighted by molar-refractivity contribution is 7.92. The topological polar surface area (TPSA) is 76.4 Å². The molecule has 0 saturated heterocycles. The van der Waals surface area contributed by atoms with Crippen molar-refractivity contribution < 1.29 is 8.42 Å². The first-order chi connectivity index (χ1) is 11.1. The summed E-state index contributed by atoms with van der Waals surface area (Å²) in [7, 11) is -3.31. The van der Waals surface area contributed by atoms with Gasteiger partial charge in [-0.05, 0) is 24.6 Å². The van der Waals surface area contributed by atoms with Gasteiger partial charge in [0, 0.05) is 29.8 Å². The number of sulfonamides is 1. The molecule has 1 N–H and O–H groups in total. The average molecular weight is 330 g/mol. The Balaban J connectivity index is 1.87. The van der Waals surface area contributed by atoms with Crippen molar-refractivity contribution in [1.82, 2.24) is 14.4 Å². The monoisotopic (exact) mass is 330 g/mol. The number of anilines is 1. The van der Waals surface area contributed by atoms with Gasteiger partial charge in [0.1, 0.15) is 0 Å². The lowest BCUT2D eigenvalue weighted by Gasteiger charge is -2.08. The van der Waals surface area contributed by atoms with Crippen molar-refractivity contribution in [3.05, 3.63) is 48.9 Å². The quantitative estimate of drug-likeness (QED) is 0.754. The Morgan fingerprint density at radius 1 is 1.26 bits per heavy atom. The van der Waals surface area contributed by atoms with Crippen LogP contribution in [0.25, 0.3) is 17.0 Å². The molecule has 23 heavy (non-hydrogen) atoms. The minimum atomic E-state index is -3.31. The molecule has 0 spiro atoms. The summed E-state index contributed by atoms with van der Waals surface area (Å²) in [5.41, 5.74) is 2.13. The highest BCUT2D eigenvalue weighted by Gasteiger charge is 2.11. The smallest absolute Gasteiger partial charge is 0.234 e. The molecule has 3 aromatic rings. The second-order valence-electron chi connectivity index (χ2n) is 5.31. The highest BCUT2D eigenvalue weighted by Crippen LogP contribution is 2.22. The van der Waals surface area contributed by atoms with Crippen molar-refractivity contribution in [3.8, 4) is 11.3 Å².